The number of nitrogens with one attached hydrogen (secondary N) is 1. The van der Waals surface area contributed by atoms with Crippen molar-refractivity contribution < 1.29 is 19.8 Å². The van der Waals surface area contributed by atoms with E-state index in [-0.39, 0.29) is 0 Å². The van der Waals surface area contributed by atoms with Crippen molar-refractivity contribution in [3.8, 4) is 0 Å². The van der Waals surface area contributed by atoms with Crippen molar-refractivity contribution in [1.29, 1.82) is 0 Å². The molecule has 3 N–H and O–H groups in total. The standard InChI is InChI=1S/C13H18N2O4/c1-9-3-5-10(6-4-9)7-15(2)13(19)14-11(8-16)12(17)18/h3-6,11,16H,7-8H2,1-2H3,(H,14,19)(H,17,18)/t11-/m0/s1. The van der Waals surface area contributed by atoms with Gasteiger partial charge in [0.2, 0.25) is 0 Å². The molecule has 1 rings (SSSR count). The Bertz CT molecular complexity index is 444. The van der Waals surface area contributed by atoms with E-state index in [9.17, 15) is 9.59 Å². The highest BCUT2D eigenvalue weighted by Crippen LogP contribution is 2.06. The molecule has 2 amide bonds. The summed E-state index contributed by atoms with van der Waals surface area (Å²) in [5.74, 6) is -1.26. The molecule has 1 aromatic carbocycles. The summed E-state index contributed by atoms with van der Waals surface area (Å²) in [6, 6.07) is 5.86. The fourth-order valence-corrected chi connectivity index (χ4v) is 1.48. The van der Waals surface area contributed by atoms with Gasteiger partial charge in [0, 0.05) is 13.6 Å². The van der Waals surface area contributed by atoms with Crippen LogP contribution in [-0.4, -0.2) is 46.8 Å². The highest BCUT2D eigenvalue weighted by molar-refractivity contribution is 5.82. The second kappa shape index (κ2) is 6.75. The minimum absolute atomic E-state index is 0.365. The maximum absolute atomic E-state index is 11.7. The van der Waals surface area contributed by atoms with Crippen molar-refractivity contribution >= 4 is 12.0 Å². The van der Waals surface area contributed by atoms with Gasteiger partial charge in [0.1, 0.15) is 0 Å². The van der Waals surface area contributed by atoms with Gasteiger partial charge in [0.25, 0.3) is 0 Å². The lowest BCUT2D eigenvalue weighted by molar-refractivity contribution is -0.140. The SMILES string of the molecule is Cc1ccc(CN(C)C(=O)N[C@@H](CO)C(=O)O)cc1. The van der Waals surface area contributed by atoms with Crippen molar-refractivity contribution in [2.24, 2.45) is 0 Å². The smallest absolute Gasteiger partial charge is 0.328 e. The number of aryl methyl sites for hydroxylation is 1. The molecule has 6 heteroatoms. The lowest BCUT2D eigenvalue weighted by Crippen LogP contribution is -2.48. The Morgan fingerprint density at radius 2 is 1.89 bits per heavy atom. The minimum Gasteiger partial charge on any atom is -0.480 e. The molecule has 0 saturated heterocycles. The molecule has 0 unspecified atom stereocenters. The molecule has 0 radical (unpaired) electrons. The third-order valence-corrected chi connectivity index (χ3v) is 2.67. The van der Waals surface area contributed by atoms with Crippen molar-refractivity contribution in [1.82, 2.24) is 10.2 Å². The largest absolute Gasteiger partial charge is 0.480 e. The van der Waals surface area contributed by atoms with E-state index in [0.717, 1.165) is 11.1 Å². The van der Waals surface area contributed by atoms with Crippen LogP contribution in [0.15, 0.2) is 24.3 Å². The molecule has 104 valence electrons. The van der Waals surface area contributed by atoms with E-state index in [4.69, 9.17) is 10.2 Å². The second-order valence-electron chi connectivity index (χ2n) is 4.36. The maximum atomic E-state index is 11.7. The molecule has 0 bridgehead atoms. The van der Waals surface area contributed by atoms with Crippen molar-refractivity contribution in [2.45, 2.75) is 19.5 Å². The number of carboxylic acids is 1. The van der Waals surface area contributed by atoms with Gasteiger partial charge < -0.3 is 20.4 Å². The summed E-state index contributed by atoms with van der Waals surface area (Å²) in [7, 11) is 1.56. The van der Waals surface area contributed by atoms with Gasteiger partial charge in [-0.3, -0.25) is 0 Å². The van der Waals surface area contributed by atoms with Crippen LogP contribution in [-0.2, 0) is 11.3 Å². The van der Waals surface area contributed by atoms with Gasteiger partial charge >= 0.3 is 12.0 Å². The Labute approximate surface area is 111 Å². The number of hydrogen-bond donors (Lipinski definition) is 3. The van der Waals surface area contributed by atoms with E-state index < -0.39 is 24.6 Å². The summed E-state index contributed by atoms with van der Waals surface area (Å²) in [6.45, 7) is 1.70. The van der Waals surface area contributed by atoms with Crippen LogP contribution in [0.5, 0.6) is 0 Å². The Morgan fingerprint density at radius 1 is 1.32 bits per heavy atom. The molecule has 0 heterocycles. The van der Waals surface area contributed by atoms with Gasteiger partial charge in [0.15, 0.2) is 6.04 Å². The topological polar surface area (TPSA) is 89.9 Å². The average Bonchev–Trinajstić information content (AvgIpc) is 2.37. The predicted molar refractivity (Wildman–Crippen MR) is 69.7 cm³/mol. The van der Waals surface area contributed by atoms with Gasteiger partial charge in [-0.15, -0.1) is 0 Å². The molecule has 0 fully saturated rings. The number of carbonyl (C=O) groups is 2. The number of aliphatic hydroxyl groups excluding tert-OH is 1. The van der Waals surface area contributed by atoms with Gasteiger partial charge in [-0.25, -0.2) is 9.59 Å². The predicted octanol–water partition coefficient (Wildman–Crippen LogP) is 0.582. The number of urea groups is 1. The first-order chi connectivity index (χ1) is 8.93. The van der Waals surface area contributed by atoms with Crippen molar-refractivity contribution in [3.63, 3.8) is 0 Å². The lowest BCUT2D eigenvalue weighted by Gasteiger charge is -2.20. The summed E-state index contributed by atoms with van der Waals surface area (Å²) in [4.78, 5) is 23.8. The summed E-state index contributed by atoms with van der Waals surface area (Å²) in [5, 5.41) is 19.8. The molecule has 0 aliphatic heterocycles. The normalized spacial score (nSPS) is 11.7. The quantitative estimate of drug-likeness (QED) is 0.727. The average molecular weight is 266 g/mol. The van der Waals surface area contributed by atoms with Crippen LogP contribution < -0.4 is 5.32 Å². The van der Waals surface area contributed by atoms with Crippen LogP contribution >= 0.6 is 0 Å². The minimum atomic E-state index is -1.28. The van der Waals surface area contributed by atoms with Gasteiger partial charge in [0.05, 0.1) is 6.61 Å². The van der Waals surface area contributed by atoms with Gasteiger partial charge in [-0.1, -0.05) is 29.8 Å². The summed E-state index contributed by atoms with van der Waals surface area (Å²) >= 11 is 0. The number of rotatable bonds is 5. The molecule has 0 spiro atoms. The van der Waals surface area contributed by atoms with Crippen molar-refractivity contribution in [2.75, 3.05) is 13.7 Å². The number of aliphatic hydroxyl groups is 1. The fraction of sp³-hybridized carbons (Fsp3) is 0.385. The van der Waals surface area contributed by atoms with Gasteiger partial charge in [-0.2, -0.15) is 0 Å². The zero-order valence-electron chi connectivity index (χ0n) is 11.0. The van der Waals surface area contributed by atoms with Crippen LogP contribution in [0.1, 0.15) is 11.1 Å². The number of hydrogen-bond acceptors (Lipinski definition) is 3. The molecule has 0 aliphatic rings. The highest BCUT2D eigenvalue weighted by Gasteiger charge is 2.20. The summed E-state index contributed by atoms with van der Waals surface area (Å²) in [6.07, 6.45) is 0. The number of aliphatic carboxylic acids is 1. The highest BCUT2D eigenvalue weighted by atomic mass is 16.4. The number of amides is 2. The van der Waals surface area contributed by atoms with Crippen LogP contribution in [0, 0.1) is 6.92 Å². The summed E-state index contributed by atoms with van der Waals surface area (Å²) < 4.78 is 0. The van der Waals surface area contributed by atoms with Gasteiger partial charge in [-0.05, 0) is 12.5 Å². The number of carbonyl (C=O) groups excluding carboxylic acids is 1. The fourth-order valence-electron chi connectivity index (χ4n) is 1.48. The molecule has 0 aliphatic carbocycles. The number of carboxylic acid groups (broad SMARTS) is 1. The molecule has 1 atom stereocenters. The van der Waals surface area contributed by atoms with E-state index in [0.29, 0.717) is 6.54 Å². The molecule has 6 nitrogen and oxygen atoms in total. The van der Waals surface area contributed by atoms with Crippen LogP contribution in [0.3, 0.4) is 0 Å². The molecular formula is C13H18N2O4. The third kappa shape index (κ3) is 4.59. The number of nitrogens with zero attached hydrogens (tertiary/aromatic N) is 1. The second-order valence-corrected chi connectivity index (χ2v) is 4.36. The number of benzene rings is 1. The maximum Gasteiger partial charge on any atom is 0.328 e. The third-order valence-electron chi connectivity index (χ3n) is 2.67. The first-order valence-corrected chi connectivity index (χ1v) is 5.85. The van der Waals surface area contributed by atoms with E-state index in [1.54, 1.807) is 7.05 Å². The van der Waals surface area contributed by atoms with E-state index >= 15 is 0 Å². The molecule has 0 saturated carbocycles. The Balaban J connectivity index is 2.57. The van der Waals surface area contributed by atoms with E-state index in [1.165, 1.54) is 4.90 Å². The first-order valence-electron chi connectivity index (χ1n) is 5.85. The molecular weight excluding hydrogens is 248 g/mol. The van der Waals surface area contributed by atoms with Crippen LogP contribution in [0.25, 0.3) is 0 Å². The lowest BCUT2D eigenvalue weighted by atomic mass is 10.1. The summed E-state index contributed by atoms with van der Waals surface area (Å²) in [5.41, 5.74) is 2.07. The zero-order chi connectivity index (χ0) is 14.4. The van der Waals surface area contributed by atoms with Crippen LogP contribution in [0.4, 0.5) is 4.79 Å². The van der Waals surface area contributed by atoms with E-state index in [2.05, 4.69) is 5.32 Å². The van der Waals surface area contributed by atoms with Crippen LogP contribution in [0.2, 0.25) is 0 Å². The first kappa shape index (κ1) is 15.0. The van der Waals surface area contributed by atoms with E-state index in [1.807, 2.05) is 31.2 Å². The Kier molecular flexibility index (Phi) is 5.32. The molecule has 19 heavy (non-hydrogen) atoms. The monoisotopic (exact) mass is 266 g/mol. The van der Waals surface area contributed by atoms with Crippen molar-refractivity contribution in [3.05, 3.63) is 35.4 Å². The molecule has 0 aromatic heterocycles. The Hall–Kier alpha value is -2.08. The Morgan fingerprint density at radius 3 is 2.37 bits per heavy atom. The zero-order valence-corrected chi connectivity index (χ0v) is 11.0. The molecule has 1 aromatic rings.